The molecule has 4 unspecified atom stereocenters. The molecule has 2 aliphatic rings. The number of amides is 1. The van der Waals surface area contributed by atoms with E-state index in [0.717, 1.165) is 11.8 Å². The summed E-state index contributed by atoms with van der Waals surface area (Å²) in [4.78, 5) is 16.2. The molecule has 4 atom stereocenters. The topological polar surface area (TPSA) is 65.8 Å². The van der Waals surface area contributed by atoms with Gasteiger partial charge in [-0.05, 0) is 56.1 Å². The zero-order chi connectivity index (χ0) is 14.1. The SMILES string of the molecule is CC(NC(=O)c1ccc(C#N)cn1)C1CC2CCC1C2. The molecular formula is C16H19N3O. The monoisotopic (exact) mass is 269 g/mol. The number of rotatable bonds is 3. The van der Waals surface area contributed by atoms with Crippen LogP contribution in [0.2, 0.25) is 0 Å². The Bertz CT molecular complexity index is 546. The molecule has 0 aliphatic heterocycles. The highest BCUT2D eigenvalue weighted by molar-refractivity contribution is 5.92. The second-order valence-corrected chi connectivity index (χ2v) is 6.14. The van der Waals surface area contributed by atoms with Crippen LogP contribution in [-0.2, 0) is 0 Å². The van der Waals surface area contributed by atoms with E-state index in [0.29, 0.717) is 17.2 Å². The van der Waals surface area contributed by atoms with Gasteiger partial charge in [0, 0.05) is 12.2 Å². The average molecular weight is 269 g/mol. The molecule has 0 aromatic carbocycles. The van der Waals surface area contributed by atoms with E-state index in [1.54, 1.807) is 12.1 Å². The summed E-state index contributed by atoms with van der Waals surface area (Å²) in [6.45, 7) is 2.10. The van der Waals surface area contributed by atoms with Crippen LogP contribution in [0.15, 0.2) is 18.3 Å². The lowest BCUT2D eigenvalue weighted by molar-refractivity contribution is 0.0910. The molecule has 0 radical (unpaired) electrons. The Morgan fingerprint density at radius 3 is 2.85 bits per heavy atom. The van der Waals surface area contributed by atoms with Crippen LogP contribution < -0.4 is 5.32 Å². The van der Waals surface area contributed by atoms with Crippen molar-refractivity contribution >= 4 is 5.91 Å². The van der Waals surface area contributed by atoms with Crippen LogP contribution in [-0.4, -0.2) is 16.9 Å². The van der Waals surface area contributed by atoms with Gasteiger partial charge in [0.25, 0.3) is 5.91 Å². The quantitative estimate of drug-likeness (QED) is 0.916. The van der Waals surface area contributed by atoms with Gasteiger partial charge in [0.05, 0.1) is 5.56 Å². The van der Waals surface area contributed by atoms with E-state index < -0.39 is 0 Å². The van der Waals surface area contributed by atoms with Crippen molar-refractivity contribution in [3.8, 4) is 6.07 Å². The van der Waals surface area contributed by atoms with Crippen molar-refractivity contribution < 1.29 is 4.79 Å². The normalized spacial score (nSPS) is 28.9. The number of hydrogen-bond donors (Lipinski definition) is 1. The van der Waals surface area contributed by atoms with Gasteiger partial charge >= 0.3 is 0 Å². The molecule has 1 heterocycles. The molecule has 2 aliphatic carbocycles. The Morgan fingerprint density at radius 2 is 2.30 bits per heavy atom. The number of fused-ring (bicyclic) bond motifs is 2. The fourth-order valence-electron chi connectivity index (χ4n) is 3.89. The van der Waals surface area contributed by atoms with Crippen LogP contribution in [0.3, 0.4) is 0 Å². The van der Waals surface area contributed by atoms with Gasteiger partial charge in [-0.2, -0.15) is 5.26 Å². The predicted molar refractivity (Wildman–Crippen MR) is 74.8 cm³/mol. The Labute approximate surface area is 119 Å². The van der Waals surface area contributed by atoms with Gasteiger partial charge in [-0.15, -0.1) is 0 Å². The first-order chi connectivity index (χ1) is 9.67. The molecule has 4 heteroatoms. The first-order valence-electron chi connectivity index (χ1n) is 7.34. The first kappa shape index (κ1) is 13.1. The van der Waals surface area contributed by atoms with Gasteiger partial charge in [0.1, 0.15) is 11.8 Å². The molecule has 1 aromatic rings. The van der Waals surface area contributed by atoms with Crippen molar-refractivity contribution in [1.29, 1.82) is 5.26 Å². The standard InChI is InChI=1S/C16H19N3O/c1-10(14-7-11-2-4-13(14)6-11)19-16(20)15-5-3-12(8-17)9-18-15/h3,5,9-11,13-14H,2,4,6-7H2,1H3,(H,19,20). The molecule has 4 nitrogen and oxygen atoms in total. The lowest BCUT2D eigenvalue weighted by Gasteiger charge is -2.28. The molecule has 1 N–H and O–H groups in total. The highest BCUT2D eigenvalue weighted by Crippen LogP contribution is 2.49. The second-order valence-electron chi connectivity index (χ2n) is 6.14. The van der Waals surface area contributed by atoms with Crippen LogP contribution in [0.5, 0.6) is 0 Å². The average Bonchev–Trinajstić information content (AvgIpc) is 3.10. The van der Waals surface area contributed by atoms with Crippen molar-refractivity contribution in [2.24, 2.45) is 17.8 Å². The largest absolute Gasteiger partial charge is 0.348 e. The summed E-state index contributed by atoms with van der Waals surface area (Å²) >= 11 is 0. The predicted octanol–water partition coefficient (Wildman–Crippen LogP) is 2.51. The summed E-state index contributed by atoms with van der Waals surface area (Å²) in [5.74, 6) is 2.17. The zero-order valence-corrected chi connectivity index (χ0v) is 11.7. The Kier molecular flexibility index (Phi) is 3.43. The number of nitrogens with zero attached hydrogens (tertiary/aromatic N) is 2. The number of carbonyl (C=O) groups is 1. The van der Waals surface area contributed by atoms with Gasteiger partial charge in [-0.1, -0.05) is 6.42 Å². The number of nitrogens with one attached hydrogen (secondary N) is 1. The Balaban J connectivity index is 1.62. The summed E-state index contributed by atoms with van der Waals surface area (Å²) < 4.78 is 0. The van der Waals surface area contributed by atoms with Crippen molar-refractivity contribution in [2.45, 2.75) is 38.6 Å². The number of carbonyl (C=O) groups excluding carboxylic acids is 1. The highest BCUT2D eigenvalue weighted by atomic mass is 16.1. The van der Waals surface area contributed by atoms with Gasteiger partial charge < -0.3 is 5.32 Å². The Morgan fingerprint density at radius 1 is 1.45 bits per heavy atom. The molecule has 0 saturated heterocycles. The minimum atomic E-state index is -0.134. The van der Waals surface area contributed by atoms with Gasteiger partial charge in [0.15, 0.2) is 0 Å². The van der Waals surface area contributed by atoms with Crippen molar-refractivity contribution in [3.05, 3.63) is 29.6 Å². The minimum absolute atomic E-state index is 0.134. The molecule has 2 bridgehead atoms. The van der Waals surface area contributed by atoms with Crippen LogP contribution in [0.4, 0.5) is 0 Å². The third kappa shape index (κ3) is 2.40. The molecule has 20 heavy (non-hydrogen) atoms. The van der Waals surface area contributed by atoms with Gasteiger partial charge in [0.2, 0.25) is 0 Å². The molecule has 2 fully saturated rings. The van der Waals surface area contributed by atoms with Gasteiger partial charge in [-0.3, -0.25) is 4.79 Å². The van der Waals surface area contributed by atoms with Crippen LogP contribution >= 0.6 is 0 Å². The summed E-state index contributed by atoms with van der Waals surface area (Å²) in [6, 6.07) is 5.45. The summed E-state index contributed by atoms with van der Waals surface area (Å²) in [6.07, 6.45) is 6.74. The van der Waals surface area contributed by atoms with Crippen LogP contribution in [0, 0.1) is 29.1 Å². The van der Waals surface area contributed by atoms with Crippen LogP contribution in [0.25, 0.3) is 0 Å². The first-order valence-corrected chi connectivity index (χ1v) is 7.34. The lowest BCUT2D eigenvalue weighted by atomic mass is 9.84. The maximum Gasteiger partial charge on any atom is 0.270 e. The number of pyridine rings is 1. The fourth-order valence-corrected chi connectivity index (χ4v) is 3.89. The van der Waals surface area contributed by atoms with Gasteiger partial charge in [-0.25, -0.2) is 4.98 Å². The number of aromatic nitrogens is 1. The molecule has 3 rings (SSSR count). The van der Waals surface area contributed by atoms with Crippen molar-refractivity contribution in [2.75, 3.05) is 0 Å². The zero-order valence-electron chi connectivity index (χ0n) is 11.7. The molecule has 2 saturated carbocycles. The molecule has 104 valence electrons. The second kappa shape index (κ2) is 5.24. The van der Waals surface area contributed by atoms with E-state index in [9.17, 15) is 4.79 Å². The third-order valence-electron chi connectivity index (χ3n) is 4.92. The smallest absolute Gasteiger partial charge is 0.270 e. The van der Waals surface area contributed by atoms with E-state index in [-0.39, 0.29) is 11.9 Å². The van der Waals surface area contributed by atoms with E-state index in [1.165, 1.54) is 31.9 Å². The van der Waals surface area contributed by atoms with Crippen molar-refractivity contribution in [3.63, 3.8) is 0 Å². The van der Waals surface area contributed by atoms with Crippen LogP contribution in [0.1, 0.15) is 48.7 Å². The maximum atomic E-state index is 12.2. The molecule has 1 aromatic heterocycles. The lowest BCUT2D eigenvalue weighted by Crippen LogP contribution is -2.40. The fraction of sp³-hybridized carbons (Fsp3) is 0.562. The Hall–Kier alpha value is -1.89. The number of hydrogen-bond acceptors (Lipinski definition) is 3. The molecule has 0 spiro atoms. The van der Waals surface area contributed by atoms with E-state index in [2.05, 4.69) is 17.2 Å². The summed E-state index contributed by atoms with van der Waals surface area (Å²) in [7, 11) is 0. The highest BCUT2D eigenvalue weighted by Gasteiger charge is 2.42. The molecular weight excluding hydrogens is 250 g/mol. The van der Waals surface area contributed by atoms with E-state index in [1.807, 2.05) is 6.07 Å². The summed E-state index contributed by atoms with van der Waals surface area (Å²) in [5.41, 5.74) is 0.863. The summed E-state index contributed by atoms with van der Waals surface area (Å²) in [5, 5.41) is 11.8. The van der Waals surface area contributed by atoms with E-state index in [4.69, 9.17) is 5.26 Å². The number of nitriles is 1. The maximum absolute atomic E-state index is 12.2. The third-order valence-corrected chi connectivity index (χ3v) is 4.92. The van der Waals surface area contributed by atoms with Crippen molar-refractivity contribution in [1.82, 2.24) is 10.3 Å². The molecule has 1 amide bonds. The minimum Gasteiger partial charge on any atom is -0.348 e. The van der Waals surface area contributed by atoms with E-state index >= 15 is 0 Å².